The van der Waals surface area contributed by atoms with Crippen LogP contribution in [0.4, 0.5) is 10.3 Å². The molecule has 0 aliphatic rings. The number of benzene rings is 1. The molecule has 1 aromatic carbocycles. The normalized spacial score (nSPS) is 10.2. The number of aromatic nitrogens is 2. The molecule has 0 amide bonds. The summed E-state index contributed by atoms with van der Waals surface area (Å²) >= 11 is 3.08. The molecule has 1 N–H and O–H groups in total. The number of aryl methyl sites for hydroxylation is 1. The van der Waals surface area contributed by atoms with Gasteiger partial charge in [0.2, 0.25) is 11.8 Å². The van der Waals surface area contributed by atoms with Gasteiger partial charge in [0.25, 0.3) is 0 Å². The lowest BCUT2D eigenvalue weighted by molar-refractivity contribution is 0.456. The van der Waals surface area contributed by atoms with E-state index in [4.69, 9.17) is 4.74 Å². The van der Waals surface area contributed by atoms with Gasteiger partial charge in [-0.1, -0.05) is 0 Å². The van der Waals surface area contributed by atoms with E-state index in [-0.39, 0.29) is 5.82 Å². The first-order chi connectivity index (χ1) is 8.58. The summed E-state index contributed by atoms with van der Waals surface area (Å²) in [7, 11) is 1.72. The lowest BCUT2D eigenvalue weighted by Crippen LogP contribution is -1.99. The first-order valence-electron chi connectivity index (χ1n) is 5.25. The molecular formula is C12H11BrFN3O. The number of nitrogens with zero attached hydrogens (tertiary/aromatic N) is 2. The number of hydrogen-bond donors (Lipinski definition) is 1. The van der Waals surface area contributed by atoms with E-state index in [0.29, 0.717) is 22.1 Å². The summed E-state index contributed by atoms with van der Waals surface area (Å²) in [5.41, 5.74) is 0.766. The fourth-order valence-corrected chi connectivity index (χ4v) is 1.61. The van der Waals surface area contributed by atoms with E-state index in [9.17, 15) is 4.39 Å². The largest absolute Gasteiger partial charge is 0.439 e. The average Bonchev–Trinajstić information content (AvgIpc) is 2.33. The van der Waals surface area contributed by atoms with Gasteiger partial charge in [0, 0.05) is 24.9 Å². The molecule has 0 radical (unpaired) electrons. The van der Waals surface area contributed by atoms with Gasteiger partial charge in [0.05, 0.1) is 4.47 Å². The smallest absolute Gasteiger partial charge is 0.225 e. The molecule has 4 nitrogen and oxygen atoms in total. The van der Waals surface area contributed by atoms with Crippen LogP contribution in [0.15, 0.2) is 28.7 Å². The van der Waals surface area contributed by atoms with Crippen LogP contribution in [0.25, 0.3) is 0 Å². The summed E-state index contributed by atoms with van der Waals surface area (Å²) in [6.45, 7) is 1.83. The van der Waals surface area contributed by atoms with Gasteiger partial charge >= 0.3 is 0 Å². The van der Waals surface area contributed by atoms with Crippen molar-refractivity contribution >= 4 is 21.9 Å². The van der Waals surface area contributed by atoms with Crippen LogP contribution >= 0.6 is 15.9 Å². The second-order valence-electron chi connectivity index (χ2n) is 3.60. The minimum atomic E-state index is -0.382. The highest BCUT2D eigenvalue weighted by atomic mass is 79.9. The van der Waals surface area contributed by atoms with E-state index < -0.39 is 0 Å². The van der Waals surface area contributed by atoms with Crippen LogP contribution in [0.5, 0.6) is 11.6 Å². The van der Waals surface area contributed by atoms with Gasteiger partial charge in [-0.2, -0.15) is 4.98 Å². The topological polar surface area (TPSA) is 47.0 Å². The zero-order chi connectivity index (χ0) is 13.1. The Morgan fingerprint density at radius 2 is 2.06 bits per heavy atom. The van der Waals surface area contributed by atoms with Crippen LogP contribution < -0.4 is 10.1 Å². The highest BCUT2D eigenvalue weighted by molar-refractivity contribution is 9.10. The van der Waals surface area contributed by atoms with Gasteiger partial charge in [-0.25, -0.2) is 9.37 Å². The third kappa shape index (κ3) is 2.95. The van der Waals surface area contributed by atoms with Crippen LogP contribution in [0.3, 0.4) is 0 Å². The monoisotopic (exact) mass is 311 g/mol. The SMILES string of the molecule is CNc1nc(C)cc(Oc2ccc(Br)c(F)c2)n1. The van der Waals surface area contributed by atoms with Crippen molar-refractivity contribution in [3.05, 3.63) is 40.2 Å². The van der Waals surface area contributed by atoms with Crippen molar-refractivity contribution in [1.29, 1.82) is 0 Å². The van der Waals surface area contributed by atoms with Crippen molar-refractivity contribution < 1.29 is 9.13 Å². The fraction of sp³-hybridized carbons (Fsp3) is 0.167. The van der Waals surface area contributed by atoms with Crippen LogP contribution in [-0.4, -0.2) is 17.0 Å². The lowest BCUT2D eigenvalue weighted by Gasteiger charge is -2.07. The maximum absolute atomic E-state index is 13.3. The van der Waals surface area contributed by atoms with Gasteiger partial charge in [0.15, 0.2) is 0 Å². The second-order valence-corrected chi connectivity index (χ2v) is 4.45. The van der Waals surface area contributed by atoms with Crippen molar-refractivity contribution in [2.24, 2.45) is 0 Å². The molecule has 0 aliphatic carbocycles. The summed E-state index contributed by atoms with van der Waals surface area (Å²) in [5, 5.41) is 2.83. The Labute approximate surface area is 112 Å². The van der Waals surface area contributed by atoms with E-state index in [0.717, 1.165) is 5.69 Å². The number of anilines is 1. The Bertz CT molecular complexity index is 577. The number of ether oxygens (including phenoxy) is 1. The third-order valence-electron chi connectivity index (χ3n) is 2.17. The van der Waals surface area contributed by atoms with Crippen molar-refractivity contribution in [2.45, 2.75) is 6.92 Å². The van der Waals surface area contributed by atoms with Gasteiger partial charge in [-0.05, 0) is 35.0 Å². The number of hydrogen-bond acceptors (Lipinski definition) is 4. The Morgan fingerprint density at radius 3 is 2.72 bits per heavy atom. The molecule has 0 fully saturated rings. The van der Waals surface area contributed by atoms with E-state index in [1.165, 1.54) is 6.07 Å². The van der Waals surface area contributed by atoms with E-state index in [1.54, 1.807) is 25.2 Å². The second kappa shape index (κ2) is 5.30. The zero-order valence-electron chi connectivity index (χ0n) is 9.87. The predicted octanol–water partition coefficient (Wildman–Crippen LogP) is 3.52. The van der Waals surface area contributed by atoms with Gasteiger partial charge < -0.3 is 10.1 Å². The molecule has 18 heavy (non-hydrogen) atoms. The first kappa shape index (κ1) is 12.8. The van der Waals surface area contributed by atoms with Crippen molar-refractivity contribution in [1.82, 2.24) is 9.97 Å². The van der Waals surface area contributed by atoms with Crippen LogP contribution in [0.2, 0.25) is 0 Å². The van der Waals surface area contributed by atoms with Crippen LogP contribution in [-0.2, 0) is 0 Å². The number of halogens is 2. The quantitative estimate of drug-likeness (QED) is 0.942. The minimum Gasteiger partial charge on any atom is -0.439 e. The third-order valence-corrected chi connectivity index (χ3v) is 2.81. The van der Waals surface area contributed by atoms with Crippen LogP contribution in [0.1, 0.15) is 5.69 Å². The molecule has 0 unspecified atom stereocenters. The fourth-order valence-electron chi connectivity index (χ4n) is 1.36. The van der Waals surface area contributed by atoms with Crippen molar-refractivity contribution in [2.75, 3.05) is 12.4 Å². The standard InChI is InChI=1S/C12H11BrFN3O/c1-7-5-11(17-12(15-2)16-7)18-8-3-4-9(13)10(14)6-8/h3-6H,1-2H3,(H,15,16,17). The Hall–Kier alpha value is -1.69. The molecule has 6 heteroatoms. The van der Waals surface area contributed by atoms with E-state index in [2.05, 4.69) is 31.2 Å². The summed E-state index contributed by atoms with van der Waals surface area (Å²) < 4.78 is 19.2. The summed E-state index contributed by atoms with van der Waals surface area (Å²) in [6.07, 6.45) is 0. The van der Waals surface area contributed by atoms with Crippen molar-refractivity contribution in [3.8, 4) is 11.6 Å². The van der Waals surface area contributed by atoms with Gasteiger partial charge in [-0.3, -0.25) is 0 Å². The molecule has 0 spiro atoms. The highest BCUT2D eigenvalue weighted by Crippen LogP contribution is 2.25. The summed E-state index contributed by atoms with van der Waals surface area (Å²) in [6, 6.07) is 6.21. The van der Waals surface area contributed by atoms with E-state index >= 15 is 0 Å². The summed E-state index contributed by atoms with van der Waals surface area (Å²) in [4.78, 5) is 8.26. The Balaban J connectivity index is 2.27. The molecule has 2 rings (SSSR count). The molecular weight excluding hydrogens is 301 g/mol. The Morgan fingerprint density at radius 1 is 1.28 bits per heavy atom. The molecule has 0 saturated heterocycles. The maximum atomic E-state index is 13.3. The van der Waals surface area contributed by atoms with Gasteiger partial charge in [0.1, 0.15) is 11.6 Å². The van der Waals surface area contributed by atoms with Gasteiger partial charge in [-0.15, -0.1) is 0 Å². The van der Waals surface area contributed by atoms with E-state index in [1.807, 2.05) is 6.92 Å². The first-order valence-corrected chi connectivity index (χ1v) is 6.04. The molecule has 1 heterocycles. The molecule has 0 atom stereocenters. The summed E-state index contributed by atoms with van der Waals surface area (Å²) in [5.74, 6) is 0.833. The Kier molecular flexibility index (Phi) is 3.76. The molecule has 0 saturated carbocycles. The van der Waals surface area contributed by atoms with Crippen LogP contribution in [0, 0.1) is 12.7 Å². The highest BCUT2D eigenvalue weighted by Gasteiger charge is 2.06. The molecule has 0 aliphatic heterocycles. The number of rotatable bonds is 3. The number of nitrogens with one attached hydrogen (secondary N) is 1. The maximum Gasteiger partial charge on any atom is 0.225 e. The molecule has 0 bridgehead atoms. The zero-order valence-corrected chi connectivity index (χ0v) is 11.5. The van der Waals surface area contributed by atoms with Crippen molar-refractivity contribution in [3.63, 3.8) is 0 Å². The predicted molar refractivity (Wildman–Crippen MR) is 70.5 cm³/mol. The molecule has 1 aromatic heterocycles. The average molecular weight is 312 g/mol. The minimum absolute atomic E-state index is 0.369. The molecule has 2 aromatic rings. The molecule has 94 valence electrons. The lowest BCUT2D eigenvalue weighted by atomic mass is 10.3.